The lowest BCUT2D eigenvalue weighted by Crippen LogP contribution is -2.55. The number of piperidine rings is 1. The third-order valence-corrected chi connectivity index (χ3v) is 5.21. The Hall–Kier alpha value is -1.11. The number of hydrogen-bond donors (Lipinski definition) is 2. The Morgan fingerprint density at radius 2 is 2.15 bits per heavy atom. The van der Waals surface area contributed by atoms with E-state index in [0.717, 1.165) is 12.8 Å². The van der Waals surface area contributed by atoms with E-state index in [0.29, 0.717) is 19.5 Å². The van der Waals surface area contributed by atoms with Gasteiger partial charge in [-0.3, -0.25) is 4.21 Å². The third-order valence-electron chi connectivity index (χ3n) is 3.84. The Kier molecular flexibility index (Phi) is 6.45. The number of nitrogens with one attached hydrogen (secondary N) is 1. The number of likely N-dealkylation sites (tertiary alicyclic amines) is 1. The van der Waals surface area contributed by atoms with Crippen LogP contribution >= 0.6 is 0 Å². The van der Waals surface area contributed by atoms with E-state index in [9.17, 15) is 18.9 Å². The molecule has 4 unspecified atom stereocenters. The van der Waals surface area contributed by atoms with E-state index in [2.05, 4.69) is 5.32 Å². The highest BCUT2D eigenvalue weighted by Crippen LogP contribution is 2.23. The van der Waals surface area contributed by atoms with Crippen molar-refractivity contribution in [3.63, 3.8) is 0 Å². The molecule has 1 fully saturated rings. The maximum atomic E-state index is 12.1. The number of carboxylic acids is 1. The fourth-order valence-corrected chi connectivity index (χ4v) is 2.89. The molecule has 1 rings (SSSR count). The van der Waals surface area contributed by atoms with Crippen molar-refractivity contribution in [3.8, 4) is 0 Å². The van der Waals surface area contributed by atoms with Crippen LogP contribution in [0.3, 0.4) is 0 Å². The summed E-state index contributed by atoms with van der Waals surface area (Å²) in [6.45, 7) is 4.62. The highest BCUT2D eigenvalue weighted by Gasteiger charge is 2.36. The molecule has 0 aromatic heterocycles. The van der Waals surface area contributed by atoms with E-state index in [1.807, 2.05) is 13.8 Å². The molecule has 6 nitrogen and oxygen atoms in total. The number of carboxylic acid groups (broad SMARTS) is 1. The summed E-state index contributed by atoms with van der Waals surface area (Å²) in [5, 5.41) is 12.0. The number of aliphatic carboxylic acids is 1. The summed E-state index contributed by atoms with van der Waals surface area (Å²) in [6.07, 6.45) is 3.91. The van der Waals surface area contributed by atoms with Crippen LogP contribution in [0.1, 0.15) is 33.1 Å². The molecule has 20 heavy (non-hydrogen) atoms. The highest BCUT2D eigenvalue weighted by molar-refractivity contribution is 7.84. The molecule has 1 aliphatic heterocycles. The number of amides is 2. The van der Waals surface area contributed by atoms with Gasteiger partial charge in [0.2, 0.25) is 0 Å². The monoisotopic (exact) mass is 304 g/mol. The smallest absolute Gasteiger partial charge is 0.326 e. The molecule has 7 heteroatoms. The summed E-state index contributed by atoms with van der Waals surface area (Å²) in [7, 11) is -0.909. The van der Waals surface area contributed by atoms with Crippen molar-refractivity contribution < 1.29 is 18.9 Å². The zero-order chi connectivity index (χ0) is 15.3. The van der Waals surface area contributed by atoms with Crippen molar-refractivity contribution in [1.82, 2.24) is 10.2 Å². The van der Waals surface area contributed by atoms with Gasteiger partial charge < -0.3 is 15.3 Å². The van der Waals surface area contributed by atoms with Crippen molar-refractivity contribution >= 4 is 22.8 Å². The summed E-state index contributed by atoms with van der Waals surface area (Å²) in [6, 6.07) is -1.08. The predicted molar refractivity (Wildman–Crippen MR) is 78.1 cm³/mol. The second-order valence-electron chi connectivity index (χ2n) is 5.43. The van der Waals surface area contributed by atoms with Crippen LogP contribution in [0.5, 0.6) is 0 Å². The van der Waals surface area contributed by atoms with Crippen LogP contribution in [0, 0.1) is 5.92 Å². The molecular weight excluding hydrogens is 280 g/mol. The minimum Gasteiger partial charge on any atom is -0.480 e. The normalized spacial score (nSPS) is 25.9. The van der Waals surface area contributed by atoms with Gasteiger partial charge in [0, 0.05) is 35.4 Å². The summed E-state index contributed by atoms with van der Waals surface area (Å²) in [4.78, 5) is 24.8. The average molecular weight is 304 g/mol. The molecule has 116 valence electrons. The van der Waals surface area contributed by atoms with E-state index in [-0.39, 0.29) is 17.2 Å². The first-order chi connectivity index (χ1) is 9.34. The first-order valence-corrected chi connectivity index (χ1v) is 8.56. The minimum absolute atomic E-state index is 0.0193. The highest BCUT2D eigenvalue weighted by atomic mass is 32.2. The Bertz CT molecular complexity index is 389. The molecule has 2 N–H and O–H groups in total. The van der Waals surface area contributed by atoms with Crippen LogP contribution in [-0.2, 0) is 15.6 Å². The molecule has 0 bridgehead atoms. The minimum atomic E-state index is -0.949. The molecule has 0 spiro atoms. The van der Waals surface area contributed by atoms with Crippen molar-refractivity contribution in [2.24, 2.45) is 5.92 Å². The van der Waals surface area contributed by atoms with Crippen LogP contribution in [0.25, 0.3) is 0 Å². The van der Waals surface area contributed by atoms with Gasteiger partial charge in [-0.1, -0.05) is 13.8 Å². The van der Waals surface area contributed by atoms with Gasteiger partial charge in [-0.25, -0.2) is 9.59 Å². The van der Waals surface area contributed by atoms with Crippen molar-refractivity contribution in [3.05, 3.63) is 0 Å². The maximum Gasteiger partial charge on any atom is 0.326 e. The van der Waals surface area contributed by atoms with Crippen LogP contribution < -0.4 is 5.32 Å². The summed E-state index contributed by atoms with van der Waals surface area (Å²) in [5.74, 6) is -0.982. The van der Waals surface area contributed by atoms with Gasteiger partial charge in [0.25, 0.3) is 0 Å². The second kappa shape index (κ2) is 7.61. The molecule has 1 saturated heterocycles. The molecule has 0 radical (unpaired) electrons. The molecule has 0 aliphatic carbocycles. The standard InChI is InChI=1S/C13H24N2O4S/c1-9-5-4-8-15(11(9)12(16)17)13(18)14-7-6-10(2)20(3)19/h9-11H,4-8H2,1-3H3,(H,14,18)(H,16,17). The van der Waals surface area contributed by atoms with Gasteiger partial charge in [0.15, 0.2) is 0 Å². The lowest BCUT2D eigenvalue weighted by atomic mass is 9.91. The van der Waals surface area contributed by atoms with Gasteiger partial charge in [0.05, 0.1) is 0 Å². The summed E-state index contributed by atoms with van der Waals surface area (Å²) in [5.41, 5.74) is 0. The van der Waals surface area contributed by atoms with Gasteiger partial charge >= 0.3 is 12.0 Å². The second-order valence-corrected chi connectivity index (χ2v) is 7.23. The molecule has 2 amide bonds. The number of nitrogens with zero attached hydrogens (tertiary/aromatic N) is 1. The zero-order valence-corrected chi connectivity index (χ0v) is 13.1. The third kappa shape index (κ3) is 4.47. The number of hydrogen-bond acceptors (Lipinski definition) is 3. The number of rotatable bonds is 5. The van der Waals surface area contributed by atoms with Crippen LogP contribution in [0.4, 0.5) is 4.79 Å². The molecule has 1 aliphatic rings. The van der Waals surface area contributed by atoms with Crippen molar-refractivity contribution in [2.45, 2.75) is 44.4 Å². The van der Waals surface area contributed by atoms with Gasteiger partial charge in [-0.05, 0) is 25.2 Å². The molecule has 0 aromatic rings. The Labute approximate surface area is 122 Å². The van der Waals surface area contributed by atoms with E-state index in [4.69, 9.17) is 0 Å². The Morgan fingerprint density at radius 3 is 2.70 bits per heavy atom. The van der Waals surface area contributed by atoms with E-state index >= 15 is 0 Å². The first kappa shape index (κ1) is 16.9. The van der Waals surface area contributed by atoms with Gasteiger partial charge in [-0.15, -0.1) is 0 Å². The van der Waals surface area contributed by atoms with E-state index in [1.54, 1.807) is 6.26 Å². The lowest BCUT2D eigenvalue weighted by molar-refractivity contribution is -0.145. The van der Waals surface area contributed by atoms with Crippen LogP contribution in [0.15, 0.2) is 0 Å². The topological polar surface area (TPSA) is 86.7 Å². The fourth-order valence-electron chi connectivity index (χ4n) is 2.44. The van der Waals surface area contributed by atoms with Crippen molar-refractivity contribution in [1.29, 1.82) is 0 Å². The SMILES string of the molecule is CC1CCCN(C(=O)NCCC(C)S(C)=O)C1C(=O)O. The first-order valence-electron chi connectivity index (χ1n) is 6.94. The quantitative estimate of drug-likeness (QED) is 0.794. The molecule has 4 atom stereocenters. The molecule has 1 heterocycles. The Morgan fingerprint density at radius 1 is 1.50 bits per heavy atom. The molecule has 0 saturated carbocycles. The van der Waals surface area contributed by atoms with E-state index in [1.165, 1.54) is 4.90 Å². The van der Waals surface area contributed by atoms with E-state index < -0.39 is 22.8 Å². The van der Waals surface area contributed by atoms with Gasteiger partial charge in [-0.2, -0.15) is 0 Å². The number of carbonyl (C=O) groups is 2. The van der Waals surface area contributed by atoms with Crippen molar-refractivity contribution in [2.75, 3.05) is 19.3 Å². The van der Waals surface area contributed by atoms with Crippen LogP contribution in [0.2, 0.25) is 0 Å². The predicted octanol–water partition coefficient (Wildman–Crippen LogP) is 1.04. The molecular formula is C13H24N2O4S. The number of urea groups is 1. The molecule has 0 aromatic carbocycles. The summed E-state index contributed by atoms with van der Waals surface area (Å²) < 4.78 is 11.2. The largest absolute Gasteiger partial charge is 0.480 e. The van der Waals surface area contributed by atoms with Gasteiger partial charge in [0.1, 0.15) is 6.04 Å². The fraction of sp³-hybridized carbons (Fsp3) is 0.846. The Balaban J connectivity index is 2.52. The van der Waals surface area contributed by atoms with Crippen LogP contribution in [-0.4, -0.2) is 56.9 Å². The number of carbonyl (C=O) groups excluding carboxylic acids is 1. The zero-order valence-electron chi connectivity index (χ0n) is 12.3. The summed E-state index contributed by atoms with van der Waals surface area (Å²) >= 11 is 0. The maximum absolute atomic E-state index is 12.1. The average Bonchev–Trinajstić information content (AvgIpc) is 2.37. The lowest BCUT2D eigenvalue weighted by Gasteiger charge is -2.37.